The lowest BCUT2D eigenvalue weighted by molar-refractivity contribution is -0.133. The number of methoxy groups -OCH3 is 1. The molecule has 0 bridgehead atoms. The van der Waals surface area contributed by atoms with Crippen molar-refractivity contribution in [3.8, 4) is 5.75 Å². The molecular formula is C32H37FN4O7S. The zero-order valence-corrected chi connectivity index (χ0v) is 26.3. The predicted octanol–water partition coefficient (Wildman–Crippen LogP) is 5.20. The molecule has 4 N–H and O–H groups in total. The van der Waals surface area contributed by atoms with Crippen molar-refractivity contribution in [1.82, 2.24) is 4.90 Å². The van der Waals surface area contributed by atoms with E-state index in [0.29, 0.717) is 41.9 Å². The monoisotopic (exact) mass is 640 g/mol. The van der Waals surface area contributed by atoms with E-state index in [2.05, 4.69) is 10.6 Å². The fourth-order valence-corrected chi connectivity index (χ4v) is 6.56. The Morgan fingerprint density at radius 2 is 1.82 bits per heavy atom. The van der Waals surface area contributed by atoms with Gasteiger partial charge in [0.2, 0.25) is 11.8 Å². The van der Waals surface area contributed by atoms with Crippen molar-refractivity contribution in [3.63, 3.8) is 0 Å². The van der Waals surface area contributed by atoms with Crippen LogP contribution in [0.1, 0.15) is 67.2 Å². The Morgan fingerprint density at radius 1 is 1.07 bits per heavy atom. The second-order valence-electron chi connectivity index (χ2n) is 10.8. The highest BCUT2D eigenvalue weighted by atomic mass is 32.2. The number of hydrogen-bond acceptors (Lipinski definition) is 8. The molecule has 1 fully saturated rings. The molecule has 2 atom stereocenters. The molecule has 3 aromatic carbocycles. The third-order valence-corrected chi connectivity index (χ3v) is 9.78. The van der Waals surface area contributed by atoms with Crippen molar-refractivity contribution in [1.29, 1.82) is 0 Å². The van der Waals surface area contributed by atoms with Crippen molar-refractivity contribution >= 4 is 39.1 Å². The molecule has 1 aliphatic heterocycles. The molecule has 3 amide bonds. The summed E-state index contributed by atoms with van der Waals surface area (Å²) in [6.07, 6.45) is 0.290. The highest BCUT2D eigenvalue weighted by molar-refractivity contribution is 7.92. The number of anilines is 2. The molecule has 0 saturated carbocycles. The molecule has 4 rings (SSSR count). The summed E-state index contributed by atoms with van der Waals surface area (Å²) in [5, 5.41) is 4.99. The lowest BCUT2D eigenvalue weighted by atomic mass is 10.0. The molecule has 0 aliphatic carbocycles. The first kappa shape index (κ1) is 33.2. The summed E-state index contributed by atoms with van der Waals surface area (Å²) in [5.74, 6) is -1.71. The summed E-state index contributed by atoms with van der Waals surface area (Å²) in [6.45, 7) is 5.36. The van der Waals surface area contributed by atoms with E-state index in [0.717, 1.165) is 0 Å². The van der Waals surface area contributed by atoms with Crippen LogP contribution in [0.3, 0.4) is 0 Å². The minimum absolute atomic E-state index is 0.0367. The average Bonchev–Trinajstić information content (AvgIpc) is 3.51. The molecule has 11 nitrogen and oxygen atoms in total. The summed E-state index contributed by atoms with van der Waals surface area (Å²) in [4.78, 5) is 40.0. The molecule has 0 aromatic heterocycles. The van der Waals surface area contributed by atoms with Crippen LogP contribution >= 0.6 is 0 Å². The van der Waals surface area contributed by atoms with Crippen molar-refractivity contribution in [2.45, 2.75) is 55.8 Å². The van der Waals surface area contributed by atoms with Gasteiger partial charge < -0.3 is 25.4 Å². The zero-order valence-electron chi connectivity index (χ0n) is 25.5. The Morgan fingerprint density at radius 3 is 2.49 bits per heavy atom. The maximum absolute atomic E-state index is 14.6. The number of amides is 3. The number of sulfone groups is 1. The molecule has 1 saturated heterocycles. The van der Waals surface area contributed by atoms with Gasteiger partial charge in [-0.1, -0.05) is 12.1 Å². The predicted molar refractivity (Wildman–Crippen MR) is 167 cm³/mol. The zero-order chi connectivity index (χ0) is 32.9. The average molecular weight is 641 g/mol. The van der Waals surface area contributed by atoms with E-state index in [1.54, 1.807) is 43.9 Å². The molecule has 13 heteroatoms. The first-order valence-corrected chi connectivity index (χ1v) is 16.0. The van der Waals surface area contributed by atoms with Gasteiger partial charge in [0, 0.05) is 23.5 Å². The number of carbonyl (C=O) groups is 3. The third kappa shape index (κ3) is 7.36. The van der Waals surface area contributed by atoms with Gasteiger partial charge >= 0.3 is 6.09 Å². The quantitative estimate of drug-likeness (QED) is 0.258. The van der Waals surface area contributed by atoms with Gasteiger partial charge in [0.1, 0.15) is 6.04 Å². The fraction of sp³-hybridized carbons (Fsp3) is 0.344. The Labute approximate surface area is 261 Å². The number of nitrogens with zero attached hydrogens (tertiary/aromatic N) is 1. The Bertz CT molecular complexity index is 1700. The van der Waals surface area contributed by atoms with Gasteiger partial charge in [-0.3, -0.25) is 14.9 Å². The maximum Gasteiger partial charge on any atom is 0.411 e. The highest BCUT2D eigenvalue weighted by Gasteiger charge is 2.38. The Kier molecular flexibility index (Phi) is 10.3. The summed E-state index contributed by atoms with van der Waals surface area (Å²) >= 11 is 0. The number of benzene rings is 3. The lowest BCUT2D eigenvalue weighted by Gasteiger charge is -2.32. The van der Waals surface area contributed by atoms with E-state index in [9.17, 15) is 27.2 Å². The van der Waals surface area contributed by atoms with Crippen molar-refractivity contribution < 1.29 is 36.7 Å². The largest absolute Gasteiger partial charge is 0.491 e. The van der Waals surface area contributed by atoms with Gasteiger partial charge in [0.25, 0.3) is 0 Å². The smallest absolute Gasteiger partial charge is 0.411 e. The number of likely N-dealkylation sites (tertiary alicyclic amines) is 1. The fourth-order valence-electron chi connectivity index (χ4n) is 5.27. The number of carbonyl (C=O) groups excluding carboxylic acids is 3. The van der Waals surface area contributed by atoms with Gasteiger partial charge in [-0.05, 0) is 93.3 Å². The lowest BCUT2D eigenvalue weighted by Crippen LogP contribution is -2.38. The van der Waals surface area contributed by atoms with E-state index in [4.69, 9.17) is 15.2 Å². The van der Waals surface area contributed by atoms with Crippen LogP contribution < -0.4 is 21.1 Å². The maximum atomic E-state index is 14.6. The van der Waals surface area contributed by atoms with Crippen LogP contribution in [-0.2, 0) is 19.4 Å². The number of hydrogen-bond donors (Lipinski definition) is 3. The van der Waals surface area contributed by atoms with Crippen LogP contribution in [0.25, 0.3) is 0 Å². The molecule has 0 spiro atoms. The molecule has 240 valence electrons. The molecule has 1 aliphatic rings. The van der Waals surface area contributed by atoms with Gasteiger partial charge in [0.15, 0.2) is 21.4 Å². The molecule has 1 heterocycles. The van der Waals surface area contributed by atoms with E-state index in [1.165, 1.54) is 49.6 Å². The molecular weight excluding hydrogens is 603 g/mol. The van der Waals surface area contributed by atoms with Crippen LogP contribution in [0.15, 0.2) is 65.6 Å². The number of rotatable bonds is 11. The number of primary amides is 1. The van der Waals surface area contributed by atoms with Crippen LogP contribution in [-0.4, -0.2) is 56.7 Å². The number of ether oxygens (including phenoxy) is 2. The second kappa shape index (κ2) is 14.0. The first-order chi connectivity index (χ1) is 21.4. The van der Waals surface area contributed by atoms with Crippen LogP contribution in [0.5, 0.6) is 5.75 Å². The molecule has 3 aromatic rings. The number of nitrogens with two attached hydrogens (primary N) is 1. The SMILES string of the molecule is CCOc1cc([C@@H](Nc2cccc(C(N)=O)c2)C(=O)N2CCC[C@@H]2c2cc(NC(=O)OC)ccc2S(=O)(=O)C(C)C)ccc1F. The Hall–Kier alpha value is -4.65. The van der Waals surface area contributed by atoms with Gasteiger partial charge in [-0.25, -0.2) is 17.6 Å². The molecule has 0 unspecified atom stereocenters. The van der Waals surface area contributed by atoms with E-state index in [1.807, 2.05) is 0 Å². The first-order valence-electron chi connectivity index (χ1n) is 14.5. The van der Waals surface area contributed by atoms with E-state index >= 15 is 0 Å². The number of nitrogens with one attached hydrogen (secondary N) is 2. The summed E-state index contributed by atoms with van der Waals surface area (Å²) < 4.78 is 51.7. The number of halogens is 1. The van der Waals surface area contributed by atoms with Crippen LogP contribution in [0.4, 0.5) is 20.6 Å². The topological polar surface area (TPSA) is 157 Å². The van der Waals surface area contributed by atoms with Crippen molar-refractivity contribution in [2.24, 2.45) is 5.73 Å². The van der Waals surface area contributed by atoms with Gasteiger partial charge in [-0.2, -0.15) is 0 Å². The minimum atomic E-state index is -3.79. The van der Waals surface area contributed by atoms with Gasteiger partial charge in [-0.15, -0.1) is 0 Å². The van der Waals surface area contributed by atoms with Crippen molar-refractivity contribution in [2.75, 3.05) is 30.9 Å². The normalized spacial score (nSPS) is 15.4. The van der Waals surface area contributed by atoms with Gasteiger partial charge in [0.05, 0.1) is 29.9 Å². The van der Waals surface area contributed by atoms with E-state index in [-0.39, 0.29) is 22.8 Å². The van der Waals surface area contributed by atoms with Crippen molar-refractivity contribution in [3.05, 3.63) is 83.2 Å². The highest BCUT2D eigenvalue weighted by Crippen LogP contribution is 2.40. The minimum Gasteiger partial charge on any atom is -0.491 e. The molecule has 0 radical (unpaired) electrons. The summed E-state index contributed by atoms with van der Waals surface area (Å²) in [5.41, 5.74) is 7.15. The third-order valence-electron chi connectivity index (χ3n) is 7.56. The second-order valence-corrected chi connectivity index (χ2v) is 13.3. The summed E-state index contributed by atoms with van der Waals surface area (Å²) in [6, 6.07) is 13.1. The van der Waals surface area contributed by atoms with E-state index < -0.39 is 50.9 Å². The van der Waals surface area contributed by atoms with Crippen LogP contribution in [0, 0.1) is 5.82 Å². The standard InChI is InChI=1S/C32H37FN4O7S/c1-5-44-27-17-20(11-13-25(27)33)29(35-22-9-6-8-21(16-22)30(34)38)31(39)37-15-7-10-26(37)24-18-23(36-32(40)43-4)12-14-28(24)45(41,42)19(2)3/h6,8-9,11-14,16-19,26,29,35H,5,7,10,15H2,1-4H3,(H2,34,38)(H,36,40)/t26-,29-/m1/s1. The molecule has 45 heavy (non-hydrogen) atoms. The Balaban J connectivity index is 1.82. The van der Waals surface area contributed by atoms with Crippen LogP contribution in [0.2, 0.25) is 0 Å². The summed E-state index contributed by atoms with van der Waals surface area (Å²) in [7, 11) is -2.58.